The number of urea groups is 1. The van der Waals surface area contributed by atoms with Gasteiger partial charge in [-0.2, -0.15) is 0 Å². The largest absolute Gasteiger partial charge is 0.490 e. The number of hydrogen-bond acceptors (Lipinski definition) is 6. The summed E-state index contributed by atoms with van der Waals surface area (Å²) in [6.45, 7) is 2.26. The van der Waals surface area contributed by atoms with Gasteiger partial charge in [-0.15, -0.1) is 0 Å². The van der Waals surface area contributed by atoms with Crippen LogP contribution < -0.4 is 14.8 Å². The highest BCUT2D eigenvalue weighted by molar-refractivity contribution is 14.1. The first-order chi connectivity index (χ1) is 16.9. The second-order valence-corrected chi connectivity index (χ2v) is 8.63. The number of benzene rings is 2. The van der Waals surface area contributed by atoms with Gasteiger partial charge < -0.3 is 13.9 Å². The van der Waals surface area contributed by atoms with Crippen LogP contribution in [0.5, 0.6) is 11.5 Å². The van der Waals surface area contributed by atoms with E-state index >= 15 is 0 Å². The van der Waals surface area contributed by atoms with Crippen LogP contribution in [-0.2, 0) is 22.7 Å². The zero-order valence-corrected chi connectivity index (χ0v) is 20.7. The van der Waals surface area contributed by atoms with Crippen molar-refractivity contribution in [2.24, 2.45) is 0 Å². The maximum atomic E-state index is 13.2. The number of nitrogens with zero attached hydrogens (tertiary/aromatic N) is 1. The summed E-state index contributed by atoms with van der Waals surface area (Å²) in [5, 5.41) is 2.18. The van der Waals surface area contributed by atoms with E-state index in [0.29, 0.717) is 33.0 Å². The maximum absolute atomic E-state index is 13.2. The van der Waals surface area contributed by atoms with Gasteiger partial charge in [0.25, 0.3) is 11.8 Å². The smallest absolute Gasteiger partial charge is 0.331 e. The zero-order valence-electron chi connectivity index (χ0n) is 18.5. The molecule has 1 fully saturated rings. The molecule has 10 heteroatoms. The third kappa shape index (κ3) is 5.70. The van der Waals surface area contributed by atoms with E-state index in [4.69, 9.17) is 13.9 Å². The van der Waals surface area contributed by atoms with Crippen molar-refractivity contribution in [2.45, 2.75) is 20.1 Å². The second-order valence-electron chi connectivity index (χ2n) is 7.47. The van der Waals surface area contributed by atoms with Crippen molar-refractivity contribution in [3.05, 3.63) is 86.6 Å². The van der Waals surface area contributed by atoms with Gasteiger partial charge in [0.05, 0.1) is 23.0 Å². The number of imide groups is 2. The average molecular weight is 590 g/mol. The van der Waals surface area contributed by atoms with E-state index in [9.17, 15) is 18.8 Å². The fourth-order valence-electron chi connectivity index (χ4n) is 3.37. The molecule has 8 nitrogen and oxygen atoms in total. The third-order valence-corrected chi connectivity index (χ3v) is 5.82. The van der Waals surface area contributed by atoms with E-state index in [1.807, 2.05) is 6.92 Å². The summed E-state index contributed by atoms with van der Waals surface area (Å²) in [4.78, 5) is 38.6. The number of ether oxygens (including phenoxy) is 2. The van der Waals surface area contributed by atoms with Crippen LogP contribution in [0.15, 0.2) is 64.8 Å². The molecule has 0 bridgehead atoms. The lowest BCUT2D eigenvalue weighted by molar-refractivity contribution is -0.130. The van der Waals surface area contributed by atoms with Gasteiger partial charge in [0.2, 0.25) is 0 Å². The monoisotopic (exact) mass is 590 g/mol. The van der Waals surface area contributed by atoms with E-state index in [2.05, 4.69) is 27.9 Å². The average Bonchev–Trinajstić information content (AvgIpc) is 3.34. The van der Waals surface area contributed by atoms with Crippen LogP contribution in [0, 0.1) is 9.39 Å². The number of rotatable bonds is 8. The van der Waals surface area contributed by atoms with Gasteiger partial charge in [-0.1, -0.05) is 12.1 Å². The Balaban J connectivity index is 1.61. The van der Waals surface area contributed by atoms with Crippen molar-refractivity contribution in [3.63, 3.8) is 0 Å². The van der Waals surface area contributed by atoms with Gasteiger partial charge in [0.1, 0.15) is 23.8 Å². The molecule has 4 amide bonds. The number of barbiturate groups is 1. The van der Waals surface area contributed by atoms with Crippen molar-refractivity contribution in [2.75, 3.05) is 6.61 Å². The van der Waals surface area contributed by atoms with Crippen molar-refractivity contribution in [1.82, 2.24) is 10.2 Å². The first-order valence-corrected chi connectivity index (χ1v) is 11.7. The molecule has 3 aromatic rings. The number of nitrogens with one attached hydrogen (secondary N) is 1. The Morgan fingerprint density at radius 2 is 1.89 bits per heavy atom. The fourth-order valence-corrected chi connectivity index (χ4v) is 4.15. The molecule has 2 heterocycles. The molecule has 0 radical (unpaired) electrons. The maximum Gasteiger partial charge on any atom is 0.331 e. The predicted molar refractivity (Wildman–Crippen MR) is 132 cm³/mol. The molecular weight excluding hydrogens is 570 g/mol. The van der Waals surface area contributed by atoms with Crippen LogP contribution in [0.1, 0.15) is 23.8 Å². The standard InChI is InChI=1S/C25H20FIN2O6/c1-2-33-21-12-16(11-20(27)22(21)35-14-15-5-7-17(26)8-6-15)10-19-23(30)28-25(32)29(24(19)31)13-18-4-3-9-34-18/h3-12H,2,13-14H2,1H3,(H,28,30,32)/b19-10+. The molecule has 1 aliphatic rings. The Morgan fingerprint density at radius 3 is 2.57 bits per heavy atom. The number of halogens is 2. The van der Waals surface area contributed by atoms with Crippen molar-refractivity contribution in [3.8, 4) is 11.5 Å². The van der Waals surface area contributed by atoms with E-state index < -0.39 is 17.8 Å². The third-order valence-electron chi connectivity index (χ3n) is 5.02. The highest BCUT2D eigenvalue weighted by Crippen LogP contribution is 2.36. The Bertz CT molecular complexity index is 1290. The molecule has 0 saturated carbocycles. The van der Waals surface area contributed by atoms with E-state index in [0.717, 1.165) is 10.5 Å². The molecule has 180 valence electrons. The summed E-state index contributed by atoms with van der Waals surface area (Å²) in [6, 6.07) is 11.8. The van der Waals surface area contributed by atoms with Crippen LogP contribution >= 0.6 is 22.6 Å². The van der Waals surface area contributed by atoms with E-state index in [1.54, 1.807) is 36.4 Å². The van der Waals surface area contributed by atoms with Gasteiger partial charge in [-0.25, -0.2) is 9.18 Å². The van der Waals surface area contributed by atoms with Crippen LogP contribution in [0.4, 0.5) is 9.18 Å². The highest BCUT2D eigenvalue weighted by Gasteiger charge is 2.36. The Morgan fingerprint density at radius 1 is 1.11 bits per heavy atom. The topological polar surface area (TPSA) is 98.1 Å². The van der Waals surface area contributed by atoms with Crippen LogP contribution in [0.25, 0.3) is 6.08 Å². The normalized spacial score (nSPS) is 14.9. The second kappa shape index (κ2) is 10.7. The molecule has 0 unspecified atom stereocenters. The fraction of sp³-hybridized carbons (Fsp3) is 0.160. The highest BCUT2D eigenvalue weighted by atomic mass is 127. The SMILES string of the molecule is CCOc1cc(/C=C2\C(=O)NC(=O)N(Cc3ccco3)C2=O)cc(I)c1OCc1ccc(F)cc1. The van der Waals surface area contributed by atoms with Gasteiger partial charge in [-0.05, 0) is 83.1 Å². The van der Waals surface area contributed by atoms with Gasteiger partial charge in [-0.3, -0.25) is 19.8 Å². The predicted octanol–water partition coefficient (Wildman–Crippen LogP) is 4.66. The Kier molecular flexibility index (Phi) is 7.49. The van der Waals surface area contributed by atoms with Gasteiger partial charge in [0.15, 0.2) is 11.5 Å². The van der Waals surface area contributed by atoms with Gasteiger partial charge in [0, 0.05) is 0 Å². The van der Waals surface area contributed by atoms with Gasteiger partial charge >= 0.3 is 6.03 Å². The minimum absolute atomic E-state index is 0.111. The summed E-state index contributed by atoms with van der Waals surface area (Å²) in [5.74, 6) is -0.562. The van der Waals surface area contributed by atoms with Crippen molar-refractivity contribution in [1.29, 1.82) is 0 Å². The molecule has 0 atom stereocenters. The molecule has 0 aliphatic carbocycles. The molecule has 2 aromatic carbocycles. The molecular formula is C25H20FIN2O6. The Hall–Kier alpha value is -3.67. The van der Waals surface area contributed by atoms with Crippen LogP contribution in [-0.4, -0.2) is 29.4 Å². The van der Waals surface area contributed by atoms with Crippen molar-refractivity contribution >= 4 is 46.5 Å². The zero-order chi connectivity index (χ0) is 24.9. The number of carbonyl (C=O) groups excluding carboxylic acids is 3. The van der Waals surface area contributed by atoms with Crippen molar-refractivity contribution < 1.29 is 32.7 Å². The number of furan rings is 1. The summed E-state index contributed by atoms with van der Waals surface area (Å²) in [5.41, 5.74) is 1.09. The first-order valence-electron chi connectivity index (χ1n) is 10.6. The van der Waals surface area contributed by atoms with E-state index in [-0.39, 0.29) is 24.5 Å². The Labute approximate surface area is 213 Å². The van der Waals surface area contributed by atoms with Crippen LogP contribution in [0.2, 0.25) is 0 Å². The molecule has 0 spiro atoms. The summed E-state index contributed by atoms with van der Waals surface area (Å²) in [6.07, 6.45) is 2.83. The van der Waals surface area contributed by atoms with Crippen LogP contribution in [0.3, 0.4) is 0 Å². The lowest BCUT2D eigenvalue weighted by Gasteiger charge is -2.25. The minimum Gasteiger partial charge on any atom is -0.490 e. The number of hydrogen-bond donors (Lipinski definition) is 1. The minimum atomic E-state index is -0.817. The molecule has 1 aliphatic heterocycles. The molecule has 1 N–H and O–H groups in total. The number of amides is 4. The summed E-state index contributed by atoms with van der Waals surface area (Å²) in [7, 11) is 0. The summed E-state index contributed by atoms with van der Waals surface area (Å²) >= 11 is 2.07. The quantitative estimate of drug-likeness (QED) is 0.233. The lowest BCUT2D eigenvalue weighted by atomic mass is 10.1. The molecule has 1 aromatic heterocycles. The van der Waals surface area contributed by atoms with E-state index in [1.165, 1.54) is 24.5 Å². The summed E-state index contributed by atoms with van der Waals surface area (Å²) < 4.78 is 30.7. The first kappa shape index (κ1) is 24.5. The lowest BCUT2D eigenvalue weighted by Crippen LogP contribution is -2.53. The number of carbonyl (C=O) groups is 3. The molecule has 4 rings (SSSR count). The molecule has 1 saturated heterocycles. The molecule has 35 heavy (non-hydrogen) atoms.